The van der Waals surface area contributed by atoms with Crippen LogP contribution in [0.2, 0.25) is 0 Å². The zero-order valence-corrected chi connectivity index (χ0v) is 15.1. The number of Topliss-reactive ketones (excluding diaryl/α,β-unsaturated/α-hetero) is 1. The predicted molar refractivity (Wildman–Crippen MR) is 99.3 cm³/mol. The molecule has 1 aromatic carbocycles. The lowest BCUT2D eigenvalue weighted by Gasteiger charge is -2.18. The molecule has 5 nitrogen and oxygen atoms in total. The number of carbonyl (C=O) groups is 1. The van der Waals surface area contributed by atoms with Crippen LogP contribution in [0.25, 0.3) is 5.57 Å². The second-order valence-corrected chi connectivity index (χ2v) is 6.96. The number of rotatable bonds is 5. The summed E-state index contributed by atoms with van der Waals surface area (Å²) in [5.74, 6) is -0.280. The van der Waals surface area contributed by atoms with Crippen LogP contribution >= 0.6 is 0 Å². The van der Waals surface area contributed by atoms with Crippen LogP contribution in [0.5, 0.6) is 0 Å². The summed E-state index contributed by atoms with van der Waals surface area (Å²) < 4.78 is 15.1. The van der Waals surface area contributed by atoms with Crippen molar-refractivity contribution in [1.29, 1.82) is 5.26 Å². The van der Waals surface area contributed by atoms with Crippen LogP contribution in [0.1, 0.15) is 43.0 Å². The number of allylic oxidation sites excluding steroid dienone is 2. The van der Waals surface area contributed by atoms with E-state index in [1.54, 1.807) is 6.07 Å². The minimum Gasteiger partial charge on any atom is -0.297 e. The van der Waals surface area contributed by atoms with Crippen molar-refractivity contribution in [2.45, 2.75) is 39.2 Å². The summed E-state index contributed by atoms with van der Waals surface area (Å²) in [6, 6.07) is 8.94. The molecule has 2 aromatic rings. The fourth-order valence-corrected chi connectivity index (χ4v) is 3.13. The molecular weight excluding hydrogens is 345 g/mol. The molecule has 1 aromatic heterocycles. The Balaban J connectivity index is 1.75. The van der Waals surface area contributed by atoms with Gasteiger partial charge in [-0.15, -0.1) is 0 Å². The van der Waals surface area contributed by atoms with E-state index in [-0.39, 0.29) is 35.4 Å². The largest absolute Gasteiger partial charge is 0.297 e. The lowest BCUT2D eigenvalue weighted by molar-refractivity contribution is -0.119. The van der Waals surface area contributed by atoms with Crippen molar-refractivity contribution in [3.05, 3.63) is 69.4 Å². The van der Waals surface area contributed by atoms with Gasteiger partial charge in [0.25, 0.3) is 5.56 Å². The molecular formula is C21H20FN3O2. The third kappa shape index (κ3) is 4.56. The summed E-state index contributed by atoms with van der Waals surface area (Å²) >= 11 is 0. The molecule has 1 aliphatic rings. The first-order valence-electron chi connectivity index (χ1n) is 8.94. The van der Waals surface area contributed by atoms with E-state index in [0.29, 0.717) is 11.6 Å². The topological polar surface area (TPSA) is 75.8 Å². The van der Waals surface area contributed by atoms with E-state index in [1.807, 2.05) is 6.07 Å². The van der Waals surface area contributed by atoms with Crippen LogP contribution in [0.3, 0.4) is 0 Å². The van der Waals surface area contributed by atoms with Crippen LogP contribution in [0.4, 0.5) is 4.39 Å². The molecule has 0 N–H and O–H groups in total. The zero-order chi connectivity index (χ0) is 19.4. The molecule has 0 amide bonds. The number of hydrogen-bond donors (Lipinski definition) is 0. The van der Waals surface area contributed by atoms with Crippen LogP contribution in [-0.4, -0.2) is 15.6 Å². The first-order chi connectivity index (χ1) is 13.0. The van der Waals surface area contributed by atoms with Gasteiger partial charge in [-0.05, 0) is 54.5 Å². The molecule has 0 bridgehead atoms. The van der Waals surface area contributed by atoms with Gasteiger partial charge in [0.1, 0.15) is 12.4 Å². The zero-order valence-electron chi connectivity index (χ0n) is 15.1. The number of nitrogens with zero attached hydrogens (tertiary/aromatic N) is 3. The lowest BCUT2D eigenvalue weighted by atomic mass is 9.90. The van der Waals surface area contributed by atoms with E-state index in [2.05, 4.69) is 18.1 Å². The number of halogens is 1. The summed E-state index contributed by atoms with van der Waals surface area (Å²) in [6.07, 6.45) is 4.93. The highest BCUT2D eigenvalue weighted by Gasteiger charge is 2.15. The maximum atomic E-state index is 14.0. The van der Waals surface area contributed by atoms with Crippen molar-refractivity contribution in [3.63, 3.8) is 0 Å². The SMILES string of the molecule is CC1CC=C(c2ccc(=O)n(CC(=O)Cc3ccc(C#N)cc3F)n2)CC1. The highest BCUT2D eigenvalue weighted by Crippen LogP contribution is 2.28. The smallest absolute Gasteiger partial charge is 0.267 e. The van der Waals surface area contributed by atoms with Gasteiger partial charge >= 0.3 is 0 Å². The predicted octanol–water partition coefficient (Wildman–Crippen LogP) is 3.27. The van der Waals surface area contributed by atoms with Gasteiger partial charge in [0, 0.05) is 12.5 Å². The molecule has 1 aliphatic carbocycles. The van der Waals surface area contributed by atoms with E-state index >= 15 is 0 Å². The molecule has 27 heavy (non-hydrogen) atoms. The van der Waals surface area contributed by atoms with Crippen molar-refractivity contribution in [2.24, 2.45) is 5.92 Å². The van der Waals surface area contributed by atoms with Gasteiger partial charge in [-0.1, -0.05) is 19.1 Å². The molecule has 0 saturated heterocycles. The molecule has 0 spiro atoms. The molecule has 0 radical (unpaired) electrons. The number of hydrogen-bond acceptors (Lipinski definition) is 4. The van der Waals surface area contributed by atoms with Crippen molar-refractivity contribution < 1.29 is 9.18 Å². The Morgan fingerprint density at radius 2 is 2.19 bits per heavy atom. The van der Waals surface area contributed by atoms with Gasteiger partial charge in [0.2, 0.25) is 0 Å². The van der Waals surface area contributed by atoms with E-state index in [1.165, 1.54) is 18.2 Å². The minimum atomic E-state index is -0.599. The average Bonchev–Trinajstić information content (AvgIpc) is 2.66. The molecule has 1 atom stereocenters. The van der Waals surface area contributed by atoms with Crippen molar-refractivity contribution in [2.75, 3.05) is 0 Å². The summed E-state index contributed by atoms with van der Waals surface area (Å²) in [7, 11) is 0. The fourth-order valence-electron chi connectivity index (χ4n) is 3.13. The van der Waals surface area contributed by atoms with Gasteiger partial charge in [0.15, 0.2) is 5.78 Å². The van der Waals surface area contributed by atoms with Crippen LogP contribution < -0.4 is 5.56 Å². The highest BCUT2D eigenvalue weighted by molar-refractivity contribution is 5.80. The molecule has 0 saturated carbocycles. The summed E-state index contributed by atoms with van der Waals surface area (Å²) in [5, 5.41) is 13.1. The first kappa shape index (κ1) is 18.7. The number of aromatic nitrogens is 2. The number of carbonyl (C=O) groups excluding carboxylic acids is 1. The molecule has 1 unspecified atom stereocenters. The maximum Gasteiger partial charge on any atom is 0.267 e. The molecule has 6 heteroatoms. The third-order valence-electron chi connectivity index (χ3n) is 4.76. The van der Waals surface area contributed by atoms with Gasteiger partial charge in [0.05, 0.1) is 17.3 Å². The standard InChI is InChI=1S/C21H20FN3O2/c1-14-2-5-16(6-3-14)20-8-9-21(27)25(24-20)13-18(26)11-17-7-4-15(12-23)10-19(17)22/h4-5,7-10,14H,2-3,6,11,13H2,1H3. The summed E-state index contributed by atoms with van der Waals surface area (Å²) in [5.41, 5.74) is 1.83. The second-order valence-electron chi connectivity index (χ2n) is 6.96. The van der Waals surface area contributed by atoms with Crippen LogP contribution in [0.15, 0.2) is 41.2 Å². The van der Waals surface area contributed by atoms with Gasteiger partial charge < -0.3 is 0 Å². The Kier molecular flexibility index (Phi) is 5.60. The molecule has 0 fully saturated rings. The van der Waals surface area contributed by atoms with Crippen LogP contribution in [-0.2, 0) is 17.8 Å². The third-order valence-corrected chi connectivity index (χ3v) is 4.76. The van der Waals surface area contributed by atoms with Gasteiger partial charge in [-0.2, -0.15) is 10.4 Å². The molecule has 0 aliphatic heterocycles. The van der Waals surface area contributed by atoms with Crippen molar-refractivity contribution in [1.82, 2.24) is 9.78 Å². The Morgan fingerprint density at radius 1 is 1.37 bits per heavy atom. The van der Waals surface area contributed by atoms with Crippen molar-refractivity contribution in [3.8, 4) is 6.07 Å². The average molecular weight is 365 g/mol. The summed E-state index contributed by atoms with van der Waals surface area (Å²) in [4.78, 5) is 24.4. The van der Waals surface area contributed by atoms with Crippen LogP contribution in [0, 0.1) is 23.1 Å². The molecule has 138 valence electrons. The van der Waals surface area contributed by atoms with E-state index in [4.69, 9.17) is 5.26 Å². The van der Waals surface area contributed by atoms with E-state index in [9.17, 15) is 14.0 Å². The minimum absolute atomic E-state index is 0.157. The fraction of sp³-hybridized carbons (Fsp3) is 0.333. The second kappa shape index (κ2) is 8.09. The number of nitriles is 1. The normalized spacial score (nSPS) is 16.5. The number of benzene rings is 1. The summed E-state index contributed by atoms with van der Waals surface area (Å²) in [6.45, 7) is 1.98. The monoisotopic (exact) mass is 365 g/mol. The van der Waals surface area contributed by atoms with Gasteiger partial charge in [-0.25, -0.2) is 9.07 Å². The van der Waals surface area contributed by atoms with Gasteiger partial charge in [-0.3, -0.25) is 9.59 Å². The highest BCUT2D eigenvalue weighted by atomic mass is 19.1. The quantitative estimate of drug-likeness (QED) is 0.815. The first-order valence-corrected chi connectivity index (χ1v) is 8.94. The Morgan fingerprint density at radius 3 is 2.85 bits per heavy atom. The van der Waals surface area contributed by atoms with E-state index < -0.39 is 5.82 Å². The molecule has 3 rings (SSSR count). The lowest BCUT2D eigenvalue weighted by Crippen LogP contribution is -2.27. The Hall–Kier alpha value is -3.07. The Labute approximate surface area is 156 Å². The van der Waals surface area contributed by atoms with Crippen molar-refractivity contribution >= 4 is 11.4 Å². The molecule has 1 heterocycles. The Bertz CT molecular complexity index is 1000. The number of ketones is 1. The maximum absolute atomic E-state index is 14.0. The van der Waals surface area contributed by atoms with E-state index in [0.717, 1.165) is 35.6 Å².